The normalized spacial score (nSPS) is 9.76. The highest BCUT2D eigenvalue weighted by Gasteiger charge is 2.17. The smallest absolute Gasteiger partial charge is 0.344 e. The predicted octanol–water partition coefficient (Wildman–Crippen LogP) is 2.82. The molecule has 0 unspecified atom stereocenters. The van der Waals surface area contributed by atoms with Crippen LogP contribution >= 0.6 is 11.6 Å². The fourth-order valence-corrected chi connectivity index (χ4v) is 2.06. The standard InChI is InChI=1S/C18H15ClN2O4/c19-14-6-8-16(9-7-14)24-13-18(23)25-12-17(22)21(11-10-20)15-4-2-1-3-5-15/h1-9H,11-13H2. The molecule has 2 aromatic carbocycles. The van der Waals surface area contributed by atoms with Crippen LogP contribution in [0, 0.1) is 11.3 Å². The van der Waals surface area contributed by atoms with Crippen LogP contribution in [0.25, 0.3) is 0 Å². The molecule has 6 nitrogen and oxygen atoms in total. The van der Waals surface area contributed by atoms with E-state index in [4.69, 9.17) is 26.3 Å². The molecule has 0 spiro atoms. The van der Waals surface area contributed by atoms with Crippen LogP contribution < -0.4 is 9.64 Å². The highest BCUT2D eigenvalue weighted by Crippen LogP contribution is 2.15. The lowest BCUT2D eigenvalue weighted by Crippen LogP contribution is -2.35. The van der Waals surface area contributed by atoms with Gasteiger partial charge in [-0.3, -0.25) is 9.69 Å². The molecule has 0 aliphatic rings. The molecule has 0 heterocycles. The first-order valence-corrected chi connectivity index (χ1v) is 7.74. The maximum Gasteiger partial charge on any atom is 0.344 e. The Bertz CT molecular complexity index is 757. The minimum absolute atomic E-state index is 0.137. The van der Waals surface area contributed by atoms with Crippen molar-refractivity contribution in [3.05, 3.63) is 59.6 Å². The third-order valence-corrected chi connectivity index (χ3v) is 3.38. The first kappa shape index (κ1) is 18.3. The Balaban J connectivity index is 1.84. The zero-order valence-electron chi connectivity index (χ0n) is 13.2. The van der Waals surface area contributed by atoms with Crippen molar-refractivity contribution < 1.29 is 19.1 Å². The number of hydrogen-bond acceptors (Lipinski definition) is 5. The van der Waals surface area contributed by atoms with E-state index in [1.807, 2.05) is 6.07 Å². The van der Waals surface area contributed by atoms with Crippen LogP contribution in [0.4, 0.5) is 5.69 Å². The molecular formula is C18H15ClN2O4. The number of hydrogen-bond donors (Lipinski definition) is 0. The van der Waals surface area contributed by atoms with Gasteiger partial charge in [-0.05, 0) is 36.4 Å². The number of anilines is 1. The number of para-hydroxylation sites is 1. The van der Waals surface area contributed by atoms with Gasteiger partial charge in [-0.2, -0.15) is 5.26 Å². The van der Waals surface area contributed by atoms with Crippen LogP contribution in [0.2, 0.25) is 5.02 Å². The van der Waals surface area contributed by atoms with Crippen LogP contribution in [0.3, 0.4) is 0 Å². The van der Waals surface area contributed by atoms with Gasteiger partial charge in [-0.1, -0.05) is 29.8 Å². The molecule has 0 atom stereocenters. The molecule has 2 aromatic rings. The highest BCUT2D eigenvalue weighted by molar-refractivity contribution is 6.30. The number of nitriles is 1. The number of esters is 1. The maximum atomic E-state index is 12.2. The number of amides is 1. The number of halogens is 1. The Morgan fingerprint density at radius 1 is 1.04 bits per heavy atom. The van der Waals surface area contributed by atoms with E-state index in [9.17, 15) is 9.59 Å². The van der Waals surface area contributed by atoms with Crippen LogP contribution in [0.1, 0.15) is 0 Å². The van der Waals surface area contributed by atoms with Gasteiger partial charge < -0.3 is 9.47 Å². The molecule has 0 bridgehead atoms. The van der Waals surface area contributed by atoms with Crippen LogP contribution in [-0.2, 0) is 14.3 Å². The molecule has 0 aliphatic heterocycles. The molecule has 0 radical (unpaired) electrons. The number of benzene rings is 2. The van der Waals surface area contributed by atoms with Crippen LogP contribution in [0.15, 0.2) is 54.6 Å². The average molecular weight is 359 g/mol. The summed E-state index contributed by atoms with van der Waals surface area (Å²) in [6.07, 6.45) is 0. The topological polar surface area (TPSA) is 79.6 Å². The fraction of sp³-hybridized carbons (Fsp3) is 0.167. The Labute approximate surface area is 150 Å². The van der Waals surface area contributed by atoms with Crippen molar-refractivity contribution in [3.8, 4) is 11.8 Å². The minimum Gasteiger partial charge on any atom is -0.482 e. The first-order valence-electron chi connectivity index (χ1n) is 7.36. The van der Waals surface area contributed by atoms with Crippen LogP contribution in [-0.4, -0.2) is 31.6 Å². The summed E-state index contributed by atoms with van der Waals surface area (Å²) in [5.74, 6) is -0.719. The SMILES string of the molecule is N#CCN(C(=O)COC(=O)COc1ccc(Cl)cc1)c1ccccc1. The summed E-state index contributed by atoms with van der Waals surface area (Å²) >= 11 is 5.75. The number of rotatable bonds is 7. The lowest BCUT2D eigenvalue weighted by molar-refractivity contribution is -0.149. The molecule has 128 valence electrons. The predicted molar refractivity (Wildman–Crippen MR) is 92.3 cm³/mol. The quantitative estimate of drug-likeness (QED) is 0.561. The summed E-state index contributed by atoms with van der Waals surface area (Å²) < 4.78 is 10.1. The molecule has 0 fully saturated rings. The summed E-state index contributed by atoms with van der Waals surface area (Å²) in [6, 6.07) is 17.1. The maximum absolute atomic E-state index is 12.2. The Hall–Kier alpha value is -3.04. The molecule has 25 heavy (non-hydrogen) atoms. The van der Waals surface area contributed by atoms with Gasteiger partial charge in [0.15, 0.2) is 13.2 Å². The van der Waals surface area contributed by atoms with Gasteiger partial charge in [-0.25, -0.2) is 4.79 Å². The zero-order valence-corrected chi connectivity index (χ0v) is 14.0. The second-order valence-corrected chi connectivity index (χ2v) is 5.31. The number of nitrogens with zero attached hydrogens (tertiary/aromatic N) is 2. The summed E-state index contributed by atoms with van der Waals surface area (Å²) in [4.78, 5) is 25.1. The molecule has 0 aromatic heterocycles. The Morgan fingerprint density at radius 2 is 1.72 bits per heavy atom. The molecule has 0 saturated heterocycles. The molecule has 0 saturated carbocycles. The Kier molecular flexibility index (Phi) is 6.81. The first-order chi connectivity index (χ1) is 12.1. The van der Waals surface area contributed by atoms with Crippen molar-refractivity contribution in [2.24, 2.45) is 0 Å². The largest absolute Gasteiger partial charge is 0.482 e. The highest BCUT2D eigenvalue weighted by atomic mass is 35.5. The van der Waals surface area contributed by atoms with Gasteiger partial charge in [0.2, 0.25) is 0 Å². The van der Waals surface area contributed by atoms with Gasteiger partial charge in [0.05, 0.1) is 6.07 Å². The Morgan fingerprint density at radius 3 is 2.36 bits per heavy atom. The second-order valence-electron chi connectivity index (χ2n) is 4.88. The van der Waals surface area contributed by atoms with E-state index < -0.39 is 18.5 Å². The van der Waals surface area contributed by atoms with E-state index in [0.29, 0.717) is 16.5 Å². The monoisotopic (exact) mass is 358 g/mol. The van der Waals surface area contributed by atoms with E-state index >= 15 is 0 Å². The van der Waals surface area contributed by atoms with Crippen molar-refractivity contribution >= 4 is 29.2 Å². The minimum atomic E-state index is -0.687. The number of carbonyl (C=O) groups excluding carboxylic acids is 2. The van der Waals surface area contributed by atoms with Crippen LogP contribution in [0.5, 0.6) is 5.75 Å². The zero-order chi connectivity index (χ0) is 18.1. The molecule has 0 N–H and O–H groups in total. The van der Waals surface area contributed by atoms with Gasteiger partial charge in [0.25, 0.3) is 5.91 Å². The lowest BCUT2D eigenvalue weighted by Gasteiger charge is -2.19. The van der Waals surface area contributed by atoms with Crippen molar-refractivity contribution in [1.29, 1.82) is 5.26 Å². The van der Waals surface area contributed by atoms with E-state index in [-0.39, 0.29) is 13.2 Å². The third-order valence-electron chi connectivity index (χ3n) is 3.12. The lowest BCUT2D eigenvalue weighted by atomic mass is 10.3. The average Bonchev–Trinajstić information content (AvgIpc) is 2.64. The molecule has 0 aliphatic carbocycles. The number of ether oxygens (including phenoxy) is 2. The van der Waals surface area contributed by atoms with Crippen molar-refractivity contribution in [1.82, 2.24) is 0 Å². The van der Waals surface area contributed by atoms with Crippen molar-refractivity contribution in [2.75, 3.05) is 24.7 Å². The van der Waals surface area contributed by atoms with E-state index in [1.165, 1.54) is 4.90 Å². The fourth-order valence-electron chi connectivity index (χ4n) is 1.94. The van der Waals surface area contributed by atoms with E-state index in [2.05, 4.69) is 0 Å². The summed E-state index contributed by atoms with van der Waals surface area (Å²) in [5, 5.41) is 9.43. The van der Waals surface area contributed by atoms with E-state index in [0.717, 1.165) is 0 Å². The van der Waals surface area contributed by atoms with Crippen molar-refractivity contribution in [2.45, 2.75) is 0 Å². The number of carbonyl (C=O) groups is 2. The molecule has 7 heteroatoms. The second kappa shape index (κ2) is 9.30. The van der Waals surface area contributed by atoms with Crippen molar-refractivity contribution in [3.63, 3.8) is 0 Å². The summed E-state index contributed by atoms with van der Waals surface area (Å²) in [5.41, 5.74) is 0.558. The molecule has 1 amide bonds. The summed E-state index contributed by atoms with van der Waals surface area (Å²) in [7, 11) is 0. The molecular weight excluding hydrogens is 344 g/mol. The summed E-state index contributed by atoms with van der Waals surface area (Å²) in [6.45, 7) is -0.945. The third kappa shape index (κ3) is 5.83. The van der Waals surface area contributed by atoms with Gasteiger partial charge in [-0.15, -0.1) is 0 Å². The van der Waals surface area contributed by atoms with Gasteiger partial charge in [0.1, 0.15) is 12.3 Å². The van der Waals surface area contributed by atoms with Gasteiger partial charge in [0, 0.05) is 10.7 Å². The van der Waals surface area contributed by atoms with Gasteiger partial charge >= 0.3 is 5.97 Å². The van der Waals surface area contributed by atoms with E-state index in [1.54, 1.807) is 54.6 Å². The molecule has 2 rings (SSSR count).